The van der Waals surface area contributed by atoms with Gasteiger partial charge in [-0.15, -0.1) is 0 Å². The van der Waals surface area contributed by atoms with E-state index < -0.39 is 5.60 Å². The molecule has 0 amide bonds. The number of fused-ring (bicyclic) bond motifs is 3. The number of pyridine rings is 1. The Bertz CT molecular complexity index is 1710. The lowest BCUT2D eigenvalue weighted by Gasteiger charge is -2.21. The fourth-order valence-electron chi connectivity index (χ4n) is 5.02. The van der Waals surface area contributed by atoms with Gasteiger partial charge in [-0.3, -0.25) is 18.7 Å². The van der Waals surface area contributed by atoms with Gasteiger partial charge in [-0.05, 0) is 49.9 Å². The van der Waals surface area contributed by atoms with Crippen molar-refractivity contribution in [1.29, 1.82) is 5.26 Å². The van der Waals surface area contributed by atoms with Crippen LogP contribution in [-0.4, -0.2) is 36.2 Å². The largest absolute Gasteiger partial charge is 0.368 e. The van der Waals surface area contributed by atoms with Crippen LogP contribution >= 0.6 is 11.6 Å². The molecule has 1 aromatic carbocycles. The highest BCUT2D eigenvalue weighted by Gasteiger charge is 2.41. The summed E-state index contributed by atoms with van der Waals surface area (Å²) < 4.78 is 14.5. The van der Waals surface area contributed by atoms with Crippen LogP contribution in [0.1, 0.15) is 42.8 Å². The Balaban J connectivity index is 1.61. The average Bonchev–Trinajstić information content (AvgIpc) is 3.66. The van der Waals surface area contributed by atoms with Crippen LogP contribution < -0.4 is 5.56 Å². The molecule has 0 aliphatic heterocycles. The molecule has 1 saturated carbocycles. The molecule has 10 nitrogen and oxygen atoms in total. The van der Waals surface area contributed by atoms with E-state index in [-0.39, 0.29) is 39.7 Å². The van der Waals surface area contributed by atoms with Gasteiger partial charge in [0.15, 0.2) is 0 Å². The number of aromatic nitrogens is 6. The zero-order valence-electron chi connectivity index (χ0n) is 19.3. The van der Waals surface area contributed by atoms with Crippen LogP contribution in [0.15, 0.2) is 52.2 Å². The van der Waals surface area contributed by atoms with Gasteiger partial charge >= 0.3 is 0 Å². The highest BCUT2D eigenvalue weighted by atomic mass is 35.5. The first kappa shape index (κ1) is 22.4. The van der Waals surface area contributed by atoms with Crippen LogP contribution in [-0.2, 0) is 16.9 Å². The van der Waals surface area contributed by atoms with Crippen molar-refractivity contribution in [3.8, 4) is 17.6 Å². The van der Waals surface area contributed by atoms with Gasteiger partial charge in [-0.1, -0.05) is 22.8 Å². The van der Waals surface area contributed by atoms with Gasteiger partial charge in [0, 0.05) is 13.3 Å². The summed E-state index contributed by atoms with van der Waals surface area (Å²) in [7, 11) is 1.64. The fourth-order valence-corrected chi connectivity index (χ4v) is 5.21. The molecule has 0 N–H and O–H groups in total. The number of hydrogen-bond acceptors (Lipinski definition) is 8. The summed E-state index contributed by atoms with van der Waals surface area (Å²) in [5.41, 5.74) is 1.38. The molecule has 1 aliphatic carbocycles. The van der Waals surface area contributed by atoms with E-state index in [1.54, 1.807) is 35.9 Å². The fraction of sp³-hybridized carbons (Fsp3) is 0.280. The van der Waals surface area contributed by atoms with Crippen LogP contribution in [0.25, 0.3) is 28.1 Å². The second-order valence-electron chi connectivity index (χ2n) is 8.75. The summed E-state index contributed by atoms with van der Waals surface area (Å²) in [4.78, 5) is 27.4. The average molecular weight is 502 g/mol. The van der Waals surface area contributed by atoms with Crippen LogP contribution in [0.2, 0.25) is 5.02 Å². The highest BCUT2D eigenvalue weighted by Crippen LogP contribution is 2.41. The Hall–Kier alpha value is -4.07. The lowest BCUT2D eigenvalue weighted by atomic mass is 10.0. The molecule has 6 rings (SSSR count). The van der Waals surface area contributed by atoms with E-state index in [4.69, 9.17) is 20.9 Å². The monoisotopic (exact) mass is 501 g/mol. The third-order valence-electron chi connectivity index (χ3n) is 6.84. The predicted octanol–water partition coefficient (Wildman–Crippen LogP) is 4.08. The minimum Gasteiger partial charge on any atom is -0.368 e. The van der Waals surface area contributed by atoms with Gasteiger partial charge < -0.3 is 9.26 Å². The van der Waals surface area contributed by atoms with Crippen molar-refractivity contribution in [3.63, 3.8) is 0 Å². The first-order valence-corrected chi connectivity index (χ1v) is 11.9. The van der Waals surface area contributed by atoms with Crippen molar-refractivity contribution in [2.75, 3.05) is 7.11 Å². The summed E-state index contributed by atoms with van der Waals surface area (Å²) in [5.74, 6) is 0.581. The van der Waals surface area contributed by atoms with E-state index in [0.717, 1.165) is 25.7 Å². The van der Waals surface area contributed by atoms with E-state index >= 15 is 0 Å². The van der Waals surface area contributed by atoms with E-state index in [2.05, 4.69) is 26.2 Å². The lowest BCUT2D eigenvalue weighted by Crippen LogP contribution is -2.25. The highest BCUT2D eigenvalue weighted by molar-refractivity contribution is 6.32. The molecule has 0 unspecified atom stereocenters. The zero-order chi connectivity index (χ0) is 24.9. The third-order valence-corrected chi connectivity index (χ3v) is 7.15. The number of benzene rings is 1. The minimum absolute atomic E-state index is 0.136. The van der Waals surface area contributed by atoms with E-state index in [0.29, 0.717) is 22.6 Å². The topological polar surface area (TPSA) is 124 Å². The minimum atomic E-state index is -0.620. The lowest BCUT2D eigenvalue weighted by molar-refractivity contribution is -0.0342. The number of methoxy groups -OCH3 is 1. The van der Waals surface area contributed by atoms with Gasteiger partial charge in [0.1, 0.15) is 29.2 Å². The van der Waals surface area contributed by atoms with E-state index in [9.17, 15) is 10.1 Å². The first-order chi connectivity index (χ1) is 17.6. The predicted molar refractivity (Wildman–Crippen MR) is 130 cm³/mol. The number of rotatable bonds is 5. The second-order valence-corrected chi connectivity index (χ2v) is 9.16. The van der Waals surface area contributed by atoms with Crippen molar-refractivity contribution < 1.29 is 9.26 Å². The van der Waals surface area contributed by atoms with Crippen LogP contribution in [0.4, 0.5) is 0 Å². The van der Waals surface area contributed by atoms with Crippen LogP contribution in [0.5, 0.6) is 0 Å². The molecule has 36 heavy (non-hydrogen) atoms. The van der Waals surface area contributed by atoms with Crippen LogP contribution in [0.3, 0.4) is 0 Å². The SMILES string of the molecule is COC1(c2nc(-c3ncn4c3c(=O)n(Cc3ccccn3)c3c(C#N)c(Cl)ccc34)no2)CCCC1. The quantitative estimate of drug-likeness (QED) is 0.353. The molecule has 0 bridgehead atoms. The van der Waals surface area contributed by atoms with Crippen molar-refractivity contribution in [3.05, 3.63) is 75.4 Å². The number of nitriles is 1. The Morgan fingerprint density at radius 1 is 1.19 bits per heavy atom. The molecule has 0 saturated heterocycles. The van der Waals surface area contributed by atoms with Gasteiger partial charge in [-0.2, -0.15) is 10.2 Å². The normalized spacial score (nSPS) is 15.0. The molecule has 0 atom stereocenters. The van der Waals surface area contributed by atoms with Crippen molar-refractivity contribution in [2.24, 2.45) is 0 Å². The molecule has 11 heteroatoms. The maximum Gasteiger partial charge on any atom is 0.278 e. The Morgan fingerprint density at radius 2 is 2.03 bits per heavy atom. The van der Waals surface area contributed by atoms with Crippen LogP contribution in [0, 0.1) is 11.3 Å². The summed E-state index contributed by atoms with van der Waals surface area (Å²) >= 11 is 6.35. The molecule has 1 aliphatic rings. The molecule has 0 spiro atoms. The number of nitrogens with zero attached hydrogens (tertiary/aromatic N) is 7. The van der Waals surface area contributed by atoms with E-state index in [1.807, 2.05) is 12.1 Å². The standard InChI is InChI=1S/C25H20ClN7O3/c1-35-25(9-3-4-10-25)24-30-22(31-36-24)19-21-23(34)32(13-15-6-2-5-11-28-15)20-16(12-27)17(26)7-8-18(20)33(21)14-29-19/h2,5-8,11,14H,3-4,9-10,13H2,1H3. The van der Waals surface area contributed by atoms with Crippen molar-refractivity contribution in [1.82, 2.24) is 29.1 Å². The molecular weight excluding hydrogens is 482 g/mol. The summed E-state index contributed by atoms with van der Waals surface area (Å²) in [6.45, 7) is 0.136. The smallest absolute Gasteiger partial charge is 0.278 e. The number of imidazole rings is 1. The molecule has 0 radical (unpaired) electrons. The Kier molecular flexibility index (Phi) is 5.32. The van der Waals surface area contributed by atoms with Gasteiger partial charge in [-0.25, -0.2) is 4.98 Å². The molecule has 4 heterocycles. The Labute approximate surface area is 209 Å². The first-order valence-electron chi connectivity index (χ1n) is 11.5. The third kappa shape index (κ3) is 3.31. The second kappa shape index (κ2) is 8.55. The molecule has 5 aromatic rings. The molecular formula is C25H20ClN7O3. The summed E-state index contributed by atoms with van der Waals surface area (Å²) in [6.07, 6.45) is 6.76. The molecule has 180 valence electrons. The number of hydrogen-bond donors (Lipinski definition) is 0. The molecule has 1 fully saturated rings. The Morgan fingerprint density at radius 3 is 2.75 bits per heavy atom. The van der Waals surface area contributed by atoms with Crippen molar-refractivity contribution in [2.45, 2.75) is 37.8 Å². The maximum atomic E-state index is 14.0. The zero-order valence-corrected chi connectivity index (χ0v) is 20.1. The number of ether oxygens (including phenoxy) is 1. The van der Waals surface area contributed by atoms with Crippen molar-refractivity contribution >= 4 is 28.2 Å². The van der Waals surface area contributed by atoms with E-state index in [1.165, 1.54) is 10.9 Å². The summed E-state index contributed by atoms with van der Waals surface area (Å²) in [5, 5.41) is 14.3. The maximum absolute atomic E-state index is 14.0. The van der Waals surface area contributed by atoms with Gasteiger partial charge in [0.25, 0.3) is 11.4 Å². The number of halogens is 1. The van der Waals surface area contributed by atoms with Gasteiger partial charge in [0.2, 0.25) is 5.82 Å². The molecule has 4 aromatic heterocycles. The van der Waals surface area contributed by atoms with Gasteiger partial charge in [0.05, 0.1) is 33.9 Å². The summed E-state index contributed by atoms with van der Waals surface area (Å²) in [6, 6.07) is 11.0.